The standard InChI is InChI=1S/C11H16FNOS/c1-8(13)11-9(12)4-3-5-10(11)15-7-6-14-2/h3-5,8H,6-7,13H2,1-2H3/t8-/m1/s1. The van der Waals surface area contributed by atoms with Crippen molar-refractivity contribution in [3.63, 3.8) is 0 Å². The molecule has 0 radical (unpaired) electrons. The summed E-state index contributed by atoms with van der Waals surface area (Å²) >= 11 is 1.57. The van der Waals surface area contributed by atoms with Crippen LogP contribution in [0.25, 0.3) is 0 Å². The van der Waals surface area contributed by atoms with Crippen LogP contribution in [-0.2, 0) is 4.74 Å². The molecule has 0 amide bonds. The molecule has 0 aliphatic rings. The summed E-state index contributed by atoms with van der Waals surface area (Å²) in [4.78, 5) is 0.905. The molecule has 0 spiro atoms. The summed E-state index contributed by atoms with van der Waals surface area (Å²) in [5, 5.41) is 0. The Morgan fingerprint density at radius 3 is 2.87 bits per heavy atom. The number of ether oxygens (including phenoxy) is 1. The minimum Gasteiger partial charge on any atom is -0.384 e. The quantitative estimate of drug-likeness (QED) is 0.622. The number of benzene rings is 1. The van der Waals surface area contributed by atoms with Crippen molar-refractivity contribution in [3.05, 3.63) is 29.6 Å². The Hall–Kier alpha value is -0.580. The molecule has 0 heterocycles. The molecule has 0 bridgehead atoms. The van der Waals surface area contributed by atoms with E-state index in [1.54, 1.807) is 31.9 Å². The molecule has 0 aromatic heterocycles. The first-order valence-electron chi connectivity index (χ1n) is 4.82. The van der Waals surface area contributed by atoms with Crippen molar-refractivity contribution in [1.29, 1.82) is 0 Å². The number of nitrogens with two attached hydrogens (primary N) is 1. The van der Waals surface area contributed by atoms with Crippen LogP contribution in [0.3, 0.4) is 0 Å². The molecule has 1 aromatic carbocycles. The Morgan fingerprint density at radius 2 is 2.27 bits per heavy atom. The molecule has 15 heavy (non-hydrogen) atoms. The summed E-state index contributed by atoms with van der Waals surface area (Å²) in [6.07, 6.45) is 0. The molecule has 0 saturated carbocycles. The van der Waals surface area contributed by atoms with E-state index in [0.29, 0.717) is 12.2 Å². The van der Waals surface area contributed by atoms with E-state index in [9.17, 15) is 4.39 Å². The zero-order valence-corrected chi connectivity index (χ0v) is 9.81. The highest BCUT2D eigenvalue weighted by Gasteiger charge is 2.12. The largest absolute Gasteiger partial charge is 0.384 e. The maximum absolute atomic E-state index is 13.5. The fraction of sp³-hybridized carbons (Fsp3) is 0.455. The molecule has 1 rings (SSSR count). The van der Waals surface area contributed by atoms with Gasteiger partial charge in [-0.1, -0.05) is 6.07 Å². The average Bonchev–Trinajstić information content (AvgIpc) is 2.17. The lowest BCUT2D eigenvalue weighted by Crippen LogP contribution is -2.09. The van der Waals surface area contributed by atoms with Crippen molar-refractivity contribution in [2.24, 2.45) is 5.73 Å². The van der Waals surface area contributed by atoms with Gasteiger partial charge in [-0.15, -0.1) is 11.8 Å². The first-order chi connectivity index (χ1) is 7.16. The van der Waals surface area contributed by atoms with Crippen LogP contribution in [0.1, 0.15) is 18.5 Å². The molecule has 2 nitrogen and oxygen atoms in total. The van der Waals surface area contributed by atoms with Crippen LogP contribution in [0, 0.1) is 5.82 Å². The molecule has 4 heteroatoms. The number of hydrogen-bond acceptors (Lipinski definition) is 3. The van der Waals surface area contributed by atoms with Gasteiger partial charge in [0.2, 0.25) is 0 Å². The van der Waals surface area contributed by atoms with Crippen LogP contribution in [0.2, 0.25) is 0 Å². The van der Waals surface area contributed by atoms with Crippen LogP contribution in [0.5, 0.6) is 0 Å². The third-order valence-corrected chi connectivity index (χ3v) is 3.05. The van der Waals surface area contributed by atoms with Crippen LogP contribution in [-0.4, -0.2) is 19.5 Å². The summed E-state index contributed by atoms with van der Waals surface area (Å²) in [7, 11) is 1.65. The fourth-order valence-electron chi connectivity index (χ4n) is 1.32. The molecular formula is C11H16FNOS. The van der Waals surface area contributed by atoms with Gasteiger partial charge < -0.3 is 10.5 Å². The van der Waals surface area contributed by atoms with Crippen molar-refractivity contribution in [3.8, 4) is 0 Å². The van der Waals surface area contributed by atoms with Crippen LogP contribution in [0.15, 0.2) is 23.1 Å². The second-order valence-electron chi connectivity index (χ2n) is 3.28. The van der Waals surface area contributed by atoms with E-state index in [0.717, 1.165) is 10.6 Å². The SMILES string of the molecule is COCCSc1cccc(F)c1[C@@H](C)N. The van der Waals surface area contributed by atoms with Crippen molar-refractivity contribution >= 4 is 11.8 Å². The Bertz CT molecular complexity index is 317. The molecule has 2 N–H and O–H groups in total. The molecule has 0 aliphatic heterocycles. The summed E-state index contributed by atoms with van der Waals surface area (Å²) in [6.45, 7) is 2.44. The highest BCUT2D eigenvalue weighted by molar-refractivity contribution is 7.99. The maximum atomic E-state index is 13.5. The normalized spacial score (nSPS) is 12.8. The molecule has 0 fully saturated rings. The van der Waals surface area contributed by atoms with Gasteiger partial charge in [0, 0.05) is 29.4 Å². The Kier molecular flexibility index (Phi) is 5.08. The van der Waals surface area contributed by atoms with E-state index < -0.39 is 0 Å². The smallest absolute Gasteiger partial charge is 0.129 e. The van der Waals surface area contributed by atoms with E-state index in [2.05, 4.69) is 0 Å². The van der Waals surface area contributed by atoms with E-state index in [1.807, 2.05) is 6.07 Å². The first kappa shape index (κ1) is 12.5. The zero-order chi connectivity index (χ0) is 11.3. The molecule has 0 saturated heterocycles. The van der Waals surface area contributed by atoms with Crippen molar-refractivity contribution in [2.45, 2.75) is 17.9 Å². The topological polar surface area (TPSA) is 35.2 Å². The van der Waals surface area contributed by atoms with Crippen molar-refractivity contribution in [1.82, 2.24) is 0 Å². The minimum atomic E-state index is -0.281. The minimum absolute atomic E-state index is 0.229. The second-order valence-corrected chi connectivity index (χ2v) is 4.42. The van der Waals surface area contributed by atoms with Crippen LogP contribution >= 0.6 is 11.8 Å². The van der Waals surface area contributed by atoms with Gasteiger partial charge in [-0.25, -0.2) is 4.39 Å². The molecule has 1 aromatic rings. The summed E-state index contributed by atoms with van der Waals surface area (Å²) in [6, 6.07) is 4.76. The van der Waals surface area contributed by atoms with Crippen LogP contribution < -0.4 is 5.73 Å². The Morgan fingerprint density at radius 1 is 1.53 bits per heavy atom. The summed E-state index contributed by atoms with van der Waals surface area (Å²) < 4.78 is 18.4. The predicted molar refractivity (Wildman–Crippen MR) is 61.6 cm³/mol. The number of thioether (sulfide) groups is 1. The highest BCUT2D eigenvalue weighted by atomic mass is 32.2. The molecule has 1 atom stereocenters. The van der Waals surface area contributed by atoms with Gasteiger partial charge in [0.05, 0.1) is 6.61 Å². The Labute approximate surface area is 94.0 Å². The monoisotopic (exact) mass is 229 g/mol. The van der Waals surface area contributed by atoms with E-state index in [4.69, 9.17) is 10.5 Å². The lowest BCUT2D eigenvalue weighted by molar-refractivity contribution is 0.218. The first-order valence-corrected chi connectivity index (χ1v) is 5.81. The van der Waals surface area contributed by atoms with Gasteiger partial charge in [0.15, 0.2) is 0 Å². The van der Waals surface area contributed by atoms with Gasteiger partial charge in [0.25, 0.3) is 0 Å². The lowest BCUT2D eigenvalue weighted by atomic mass is 10.1. The zero-order valence-electron chi connectivity index (χ0n) is 9.00. The van der Waals surface area contributed by atoms with Gasteiger partial charge in [-0.2, -0.15) is 0 Å². The maximum Gasteiger partial charge on any atom is 0.129 e. The second kappa shape index (κ2) is 6.10. The van der Waals surface area contributed by atoms with E-state index in [1.165, 1.54) is 6.07 Å². The van der Waals surface area contributed by atoms with Gasteiger partial charge in [-0.05, 0) is 19.1 Å². The number of hydrogen-bond donors (Lipinski definition) is 1. The number of rotatable bonds is 5. The van der Waals surface area contributed by atoms with Gasteiger partial charge in [0.1, 0.15) is 5.82 Å². The molecule has 0 aliphatic carbocycles. The molecule has 84 valence electrons. The van der Waals surface area contributed by atoms with E-state index in [-0.39, 0.29) is 11.9 Å². The fourth-order valence-corrected chi connectivity index (χ4v) is 2.40. The highest BCUT2D eigenvalue weighted by Crippen LogP contribution is 2.28. The lowest BCUT2D eigenvalue weighted by Gasteiger charge is -2.12. The van der Waals surface area contributed by atoms with E-state index >= 15 is 0 Å². The van der Waals surface area contributed by atoms with Gasteiger partial charge in [-0.3, -0.25) is 0 Å². The van der Waals surface area contributed by atoms with Crippen LogP contribution in [0.4, 0.5) is 4.39 Å². The van der Waals surface area contributed by atoms with Gasteiger partial charge >= 0.3 is 0 Å². The van der Waals surface area contributed by atoms with Crippen molar-refractivity contribution in [2.75, 3.05) is 19.5 Å². The summed E-state index contributed by atoms with van der Waals surface area (Å²) in [5.41, 5.74) is 6.33. The number of methoxy groups -OCH3 is 1. The number of halogens is 1. The predicted octanol–water partition coefficient (Wildman–Crippen LogP) is 2.58. The molecular weight excluding hydrogens is 213 g/mol. The third-order valence-electron chi connectivity index (χ3n) is 2.01. The molecule has 0 unspecified atom stereocenters. The third kappa shape index (κ3) is 3.48. The summed E-state index contributed by atoms with van der Waals surface area (Å²) in [5.74, 6) is 0.576. The van der Waals surface area contributed by atoms with Crippen molar-refractivity contribution < 1.29 is 9.13 Å². The average molecular weight is 229 g/mol. The Balaban J connectivity index is 2.81.